The summed E-state index contributed by atoms with van der Waals surface area (Å²) in [6, 6.07) is 5.77. The first-order valence-corrected chi connectivity index (χ1v) is 7.95. The number of hydrogen-bond donors (Lipinski definition) is 2. The molecule has 0 bridgehead atoms. The molecule has 1 heterocycles. The second-order valence-electron chi connectivity index (χ2n) is 6.09. The van der Waals surface area contributed by atoms with Gasteiger partial charge in [0, 0.05) is 24.5 Å². The maximum atomic E-state index is 12.2. The van der Waals surface area contributed by atoms with Crippen molar-refractivity contribution in [3.63, 3.8) is 0 Å². The Morgan fingerprint density at radius 2 is 2.05 bits per heavy atom. The maximum Gasteiger partial charge on any atom is 0.241 e. The van der Waals surface area contributed by atoms with E-state index in [1.807, 2.05) is 26.8 Å². The van der Waals surface area contributed by atoms with Gasteiger partial charge < -0.3 is 16.0 Å². The van der Waals surface area contributed by atoms with Crippen LogP contribution in [-0.2, 0) is 4.79 Å². The van der Waals surface area contributed by atoms with E-state index in [2.05, 4.69) is 22.3 Å². The van der Waals surface area contributed by atoms with E-state index >= 15 is 0 Å². The van der Waals surface area contributed by atoms with Crippen molar-refractivity contribution in [2.24, 2.45) is 11.7 Å². The zero-order valence-electron chi connectivity index (χ0n) is 13.4. The van der Waals surface area contributed by atoms with Crippen molar-refractivity contribution in [1.29, 1.82) is 0 Å². The van der Waals surface area contributed by atoms with Crippen molar-refractivity contribution in [1.82, 2.24) is 0 Å². The molecule has 3 N–H and O–H groups in total. The van der Waals surface area contributed by atoms with Crippen LogP contribution in [0.5, 0.6) is 0 Å². The summed E-state index contributed by atoms with van der Waals surface area (Å²) in [5, 5.41) is 2.96. The Labute approximate surface area is 127 Å². The number of nitrogens with zero attached hydrogens (tertiary/aromatic N) is 1. The van der Waals surface area contributed by atoms with Crippen molar-refractivity contribution in [3.8, 4) is 0 Å². The Morgan fingerprint density at radius 3 is 2.62 bits per heavy atom. The first-order valence-electron chi connectivity index (χ1n) is 7.95. The maximum absolute atomic E-state index is 12.2. The van der Waals surface area contributed by atoms with Crippen molar-refractivity contribution in [2.75, 3.05) is 23.3 Å². The topological polar surface area (TPSA) is 58.4 Å². The molecule has 1 fully saturated rings. The quantitative estimate of drug-likeness (QED) is 0.876. The van der Waals surface area contributed by atoms with Gasteiger partial charge in [0.2, 0.25) is 5.91 Å². The third kappa shape index (κ3) is 3.76. The van der Waals surface area contributed by atoms with Crippen LogP contribution in [0.4, 0.5) is 11.4 Å². The van der Waals surface area contributed by atoms with Crippen LogP contribution in [0.15, 0.2) is 18.2 Å². The molecule has 0 aromatic heterocycles. The Morgan fingerprint density at radius 1 is 1.38 bits per heavy atom. The number of benzene rings is 1. The van der Waals surface area contributed by atoms with Crippen molar-refractivity contribution >= 4 is 17.3 Å². The van der Waals surface area contributed by atoms with Crippen LogP contribution in [0.2, 0.25) is 0 Å². The molecular formula is C17H27N3O. The minimum absolute atomic E-state index is 0.0960. The summed E-state index contributed by atoms with van der Waals surface area (Å²) in [7, 11) is 0. The van der Waals surface area contributed by atoms with Crippen molar-refractivity contribution in [2.45, 2.75) is 46.1 Å². The van der Waals surface area contributed by atoms with E-state index in [4.69, 9.17) is 5.73 Å². The zero-order valence-corrected chi connectivity index (χ0v) is 13.4. The van der Waals surface area contributed by atoms with Crippen LogP contribution < -0.4 is 16.0 Å². The molecule has 21 heavy (non-hydrogen) atoms. The summed E-state index contributed by atoms with van der Waals surface area (Å²) < 4.78 is 0. The molecule has 0 unspecified atom stereocenters. The molecule has 2 rings (SSSR count). The average molecular weight is 289 g/mol. The van der Waals surface area contributed by atoms with Crippen molar-refractivity contribution in [3.05, 3.63) is 23.8 Å². The van der Waals surface area contributed by atoms with Crippen LogP contribution in [-0.4, -0.2) is 25.0 Å². The van der Waals surface area contributed by atoms with Crippen LogP contribution in [0.25, 0.3) is 0 Å². The average Bonchev–Trinajstić information content (AvgIpc) is 3.01. The van der Waals surface area contributed by atoms with Gasteiger partial charge in [-0.15, -0.1) is 0 Å². The van der Waals surface area contributed by atoms with Gasteiger partial charge in [-0.1, -0.05) is 20.3 Å². The molecule has 1 aromatic carbocycles. The molecule has 0 aliphatic carbocycles. The molecule has 1 aliphatic rings. The van der Waals surface area contributed by atoms with E-state index in [0.717, 1.165) is 30.8 Å². The van der Waals surface area contributed by atoms with Crippen LogP contribution in [0.1, 0.15) is 38.7 Å². The number of rotatable bonds is 5. The smallest absolute Gasteiger partial charge is 0.241 e. The first kappa shape index (κ1) is 15.8. The molecule has 4 heteroatoms. The second-order valence-corrected chi connectivity index (χ2v) is 6.09. The summed E-state index contributed by atoms with van der Waals surface area (Å²) in [5.74, 6) is 0.0931. The van der Waals surface area contributed by atoms with Gasteiger partial charge in [0.05, 0.1) is 6.04 Å². The van der Waals surface area contributed by atoms with Gasteiger partial charge >= 0.3 is 0 Å². The number of nitrogens with one attached hydrogen (secondary N) is 1. The number of aryl methyl sites for hydroxylation is 1. The van der Waals surface area contributed by atoms with E-state index < -0.39 is 6.04 Å². The number of amides is 1. The van der Waals surface area contributed by atoms with Gasteiger partial charge in [0.1, 0.15) is 0 Å². The molecular weight excluding hydrogens is 262 g/mol. The molecule has 2 atom stereocenters. The highest BCUT2D eigenvalue weighted by molar-refractivity contribution is 5.95. The van der Waals surface area contributed by atoms with E-state index in [1.54, 1.807) is 0 Å². The third-order valence-electron chi connectivity index (χ3n) is 4.50. The lowest BCUT2D eigenvalue weighted by atomic mass is 9.99. The number of carbonyl (C=O) groups is 1. The summed E-state index contributed by atoms with van der Waals surface area (Å²) in [5.41, 5.74) is 9.17. The largest absolute Gasteiger partial charge is 0.372 e. The number of nitrogens with two attached hydrogens (primary N) is 1. The number of hydrogen-bond acceptors (Lipinski definition) is 3. The molecule has 1 saturated heterocycles. The lowest BCUT2D eigenvalue weighted by Crippen LogP contribution is -2.40. The minimum atomic E-state index is -0.451. The van der Waals surface area contributed by atoms with E-state index in [0.29, 0.717) is 0 Å². The molecule has 0 saturated carbocycles. The fourth-order valence-corrected chi connectivity index (χ4v) is 2.69. The Kier molecular flexibility index (Phi) is 5.23. The fraction of sp³-hybridized carbons (Fsp3) is 0.588. The highest BCUT2D eigenvalue weighted by Crippen LogP contribution is 2.25. The molecule has 0 spiro atoms. The van der Waals surface area contributed by atoms with E-state index in [9.17, 15) is 4.79 Å². The molecule has 1 aliphatic heterocycles. The van der Waals surface area contributed by atoms with Crippen molar-refractivity contribution < 1.29 is 4.79 Å². The third-order valence-corrected chi connectivity index (χ3v) is 4.50. The Hall–Kier alpha value is -1.55. The van der Waals surface area contributed by atoms with Crippen LogP contribution >= 0.6 is 0 Å². The Bertz CT molecular complexity index is 495. The normalized spacial score (nSPS) is 17.6. The first-order chi connectivity index (χ1) is 10.0. The molecule has 116 valence electrons. The lowest BCUT2D eigenvalue weighted by Gasteiger charge is -2.21. The molecule has 1 aromatic rings. The molecule has 0 radical (unpaired) electrons. The second kappa shape index (κ2) is 6.94. The van der Waals surface area contributed by atoms with Gasteiger partial charge in [-0.05, 0) is 49.4 Å². The number of anilines is 2. The Balaban J connectivity index is 2.05. The van der Waals surface area contributed by atoms with Gasteiger partial charge in [-0.25, -0.2) is 0 Å². The minimum Gasteiger partial charge on any atom is -0.372 e. The van der Waals surface area contributed by atoms with Gasteiger partial charge in [-0.2, -0.15) is 0 Å². The predicted octanol–water partition coefficient (Wildman–Crippen LogP) is 2.91. The van der Waals surface area contributed by atoms with Gasteiger partial charge in [0.25, 0.3) is 0 Å². The summed E-state index contributed by atoms with van der Waals surface area (Å²) in [6.45, 7) is 8.35. The number of carbonyl (C=O) groups excluding carboxylic acids is 1. The molecule has 1 amide bonds. The molecule has 4 nitrogen and oxygen atoms in total. The predicted molar refractivity (Wildman–Crippen MR) is 88.7 cm³/mol. The monoisotopic (exact) mass is 289 g/mol. The summed E-state index contributed by atoms with van der Waals surface area (Å²) in [4.78, 5) is 14.6. The van der Waals surface area contributed by atoms with E-state index in [-0.39, 0.29) is 11.8 Å². The summed E-state index contributed by atoms with van der Waals surface area (Å²) in [6.07, 6.45) is 3.43. The fourth-order valence-electron chi connectivity index (χ4n) is 2.69. The van der Waals surface area contributed by atoms with Crippen LogP contribution in [0, 0.1) is 12.8 Å². The zero-order chi connectivity index (χ0) is 15.4. The van der Waals surface area contributed by atoms with Crippen LogP contribution in [0.3, 0.4) is 0 Å². The highest BCUT2D eigenvalue weighted by atomic mass is 16.2. The highest BCUT2D eigenvalue weighted by Gasteiger charge is 2.20. The summed E-state index contributed by atoms with van der Waals surface area (Å²) >= 11 is 0. The van der Waals surface area contributed by atoms with Gasteiger partial charge in [-0.3, -0.25) is 4.79 Å². The van der Waals surface area contributed by atoms with Gasteiger partial charge in [0.15, 0.2) is 0 Å². The standard InChI is InChI=1S/C17H27N3O/c1-4-12(2)16(18)17(21)19-15-8-7-14(11-13(15)3)20-9-5-6-10-20/h7-8,11-12,16H,4-6,9-10,18H2,1-3H3,(H,19,21)/t12-,16-/m0/s1. The SMILES string of the molecule is CC[C@H](C)[C@H](N)C(=O)Nc1ccc(N2CCCC2)cc1C. The lowest BCUT2D eigenvalue weighted by molar-refractivity contribution is -0.118. The van der Waals surface area contributed by atoms with E-state index in [1.165, 1.54) is 18.5 Å².